The van der Waals surface area contributed by atoms with E-state index in [4.69, 9.17) is 0 Å². The third-order valence-electron chi connectivity index (χ3n) is 4.29. The summed E-state index contributed by atoms with van der Waals surface area (Å²) in [6.45, 7) is 0.552. The van der Waals surface area contributed by atoms with Crippen molar-refractivity contribution in [1.82, 2.24) is 35.0 Å². The molecule has 0 radical (unpaired) electrons. The Labute approximate surface area is 174 Å². The van der Waals surface area contributed by atoms with E-state index in [2.05, 4.69) is 46.9 Å². The predicted octanol–water partition coefficient (Wildman–Crippen LogP) is 2.50. The van der Waals surface area contributed by atoms with Crippen molar-refractivity contribution < 1.29 is 4.79 Å². The number of aromatic nitrogens is 7. The second kappa shape index (κ2) is 8.74. The molecule has 0 saturated carbocycles. The van der Waals surface area contributed by atoms with Crippen LogP contribution in [0.15, 0.2) is 71.7 Å². The average Bonchev–Trinajstić information content (AvgIpc) is 3.41. The number of amides is 1. The first-order valence-corrected chi connectivity index (χ1v) is 9.68. The van der Waals surface area contributed by atoms with Crippen LogP contribution in [0.2, 0.25) is 0 Å². The summed E-state index contributed by atoms with van der Waals surface area (Å²) in [5.41, 5.74) is 2.07. The molecule has 0 saturated heterocycles. The number of hydrogen-bond donors (Lipinski definition) is 1. The number of hydrogen-bond acceptors (Lipinski definition) is 6. The van der Waals surface area contributed by atoms with Crippen LogP contribution in [0.3, 0.4) is 0 Å². The topological polar surface area (TPSA) is 103 Å². The normalized spacial score (nSPS) is 11.9. The lowest BCUT2D eigenvalue weighted by Crippen LogP contribution is -2.29. The molecule has 0 aliphatic carbocycles. The Kier molecular flexibility index (Phi) is 5.71. The maximum absolute atomic E-state index is 12.9. The van der Waals surface area contributed by atoms with Crippen LogP contribution in [0, 0.1) is 0 Å². The van der Waals surface area contributed by atoms with Gasteiger partial charge in [0.2, 0.25) is 5.95 Å². The molecule has 9 nitrogen and oxygen atoms in total. The van der Waals surface area contributed by atoms with Crippen molar-refractivity contribution in [2.75, 3.05) is 5.32 Å². The molecule has 4 rings (SSSR count). The van der Waals surface area contributed by atoms with E-state index in [1.807, 2.05) is 54.6 Å². The maximum atomic E-state index is 12.9. The van der Waals surface area contributed by atoms with E-state index in [0.717, 1.165) is 15.6 Å². The highest BCUT2D eigenvalue weighted by molar-refractivity contribution is 9.10. The molecule has 1 unspecified atom stereocenters. The molecule has 0 aliphatic rings. The molecule has 0 spiro atoms. The van der Waals surface area contributed by atoms with Gasteiger partial charge in [-0.2, -0.15) is 0 Å². The molecule has 4 aromatic rings. The summed E-state index contributed by atoms with van der Waals surface area (Å²) in [6, 6.07) is 17.0. The predicted molar refractivity (Wildman–Crippen MR) is 109 cm³/mol. The van der Waals surface area contributed by atoms with Crippen molar-refractivity contribution in [3.63, 3.8) is 0 Å². The van der Waals surface area contributed by atoms with Gasteiger partial charge in [-0.15, -0.1) is 10.2 Å². The van der Waals surface area contributed by atoms with Crippen LogP contribution in [0.25, 0.3) is 0 Å². The Morgan fingerprint density at radius 2 is 1.83 bits per heavy atom. The summed E-state index contributed by atoms with van der Waals surface area (Å²) in [7, 11) is 0. The standard InChI is InChI=1S/C19H17BrN8O/c20-16-8-6-15(7-9-16)11-27-12-21-19(24-27)23-18(29)17(28-13-22-25-26-28)10-14-4-2-1-3-5-14/h1-9,12-13,17H,10-11H2,(H,23,24,29). The van der Waals surface area contributed by atoms with Crippen LogP contribution in [0.5, 0.6) is 0 Å². The Morgan fingerprint density at radius 3 is 2.55 bits per heavy atom. The molecule has 0 aliphatic heterocycles. The molecule has 2 aromatic carbocycles. The minimum Gasteiger partial charge on any atom is -0.291 e. The SMILES string of the molecule is O=C(Nc1ncn(Cc2ccc(Br)cc2)n1)C(Cc1ccccc1)n1cnnn1. The summed E-state index contributed by atoms with van der Waals surface area (Å²) in [5, 5.41) is 18.3. The summed E-state index contributed by atoms with van der Waals surface area (Å²) in [6.07, 6.45) is 3.45. The number of carbonyl (C=O) groups excluding carboxylic acids is 1. The van der Waals surface area contributed by atoms with E-state index in [1.54, 1.807) is 11.0 Å². The zero-order chi connectivity index (χ0) is 20.1. The molecule has 1 atom stereocenters. The van der Waals surface area contributed by atoms with E-state index in [9.17, 15) is 4.79 Å². The molecule has 2 aromatic heterocycles. The van der Waals surface area contributed by atoms with Crippen LogP contribution in [0.1, 0.15) is 17.2 Å². The number of carbonyl (C=O) groups is 1. The fraction of sp³-hybridized carbons (Fsp3) is 0.158. The molecular weight excluding hydrogens is 436 g/mol. The van der Waals surface area contributed by atoms with Crippen molar-refractivity contribution in [2.45, 2.75) is 19.0 Å². The Morgan fingerprint density at radius 1 is 1.03 bits per heavy atom. The zero-order valence-corrected chi connectivity index (χ0v) is 16.8. The van der Waals surface area contributed by atoms with Gasteiger partial charge in [0, 0.05) is 10.9 Å². The van der Waals surface area contributed by atoms with Crippen molar-refractivity contribution >= 4 is 27.8 Å². The van der Waals surface area contributed by atoms with Crippen molar-refractivity contribution in [3.05, 3.63) is 82.9 Å². The third kappa shape index (κ3) is 4.91. The monoisotopic (exact) mass is 452 g/mol. The first-order valence-electron chi connectivity index (χ1n) is 8.88. The van der Waals surface area contributed by atoms with E-state index >= 15 is 0 Å². The number of rotatable bonds is 7. The van der Waals surface area contributed by atoms with Gasteiger partial charge in [-0.1, -0.05) is 58.4 Å². The van der Waals surface area contributed by atoms with Gasteiger partial charge < -0.3 is 0 Å². The van der Waals surface area contributed by atoms with Crippen molar-refractivity contribution in [1.29, 1.82) is 0 Å². The molecule has 1 N–H and O–H groups in total. The Bertz CT molecular complexity index is 1060. The molecular formula is C19H17BrN8O. The number of nitrogens with one attached hydrogen (secondary N) is 1. The second-order valence-corrected chi connectivity index (χ2v) is 7.29. The van der Waals surface area contributed by atoms with Gasteiger partial charge in [-0.25, -0.2) is 14.3 Å². The first-order chi connectivity index (χ1) is 14.2. The van der Waals surface area contributed by atoms with Crippen LogP contribution in [-0.4, -0.2) is 40.9 Å². The molecule has 0 fully saturated rings. The smallest absolute Gasteiger partial charge is 0.252 e. The van der Waals surface area contributed by atoms with Crippen LogP contribution in [0.4, 0.5) is 5.95 Å². The fourth-order valence-corrected chi connectivity index (χ4v) is 3.12. The summed E-state index contributed by atoms with van der Waals surface area (Å²) in [5.74, 6) is -0.0548. The van der Waals surface area contributed by atoms with Gasteiger partial charge in [-0.05, 0) is 33.7 Å². The zero-order valence-electron chi connectivity index (χ0n) is 15.3. The van der Waals surface area contributed by atoms with Gasteiger partial charge in [-0.3, -0.25) is 10.1 Å². The van der Waals surface area contributed by atoms with Crippen LogP contribution in [-0.2, 0) is 17.8 Å². The quantitative estimate of drug-likeness (QED) is 0.461. The van der Waals surface area contributed by atoms with Crippen molar-refractivity contribution in [3.8, 4) is 0 Å². The molecule has 2 heterocycles. The summed E-state index contributed by atoms with van der Waals surface area (Å²) in [4.78, 5) is 17.1. The lowest BCUT2D eigenvalue weighted by Gasteiger charge is -2.15. The number of anilines is 1. The Balaban J connectivity index is 1.46. The lowest BCUT2D eigenvalue weighted by molar-refractivity contribution is -0.119. The third-order valence-corrected chi connectivity index (χ3v) is 4.82. The van der Waals surface area contributed by atoms with Crippen LogP contribution < -0.4 is 5.32 Å². The van der Waals surface area contributed by atoms with Gasteiger partial charge in [0.25, 0.3) is 5.91 Å². The molecule has 0 bridgehead atoms. The number of nitrogens with zero attached hydrogens (tertiary/aromatic N) is 7. The first kappa shape index (κ1) is 18.9. The lowest BCUT2D eigenvalue weighted by atomic mass is 10.1. The minimum atomic E-state index is -0.620. The molecule has 1 amide bonds. The molecule has 29 heavy (non-hydrogen) atoms. The number of halogens is 1. The summed E-state index contributed by atoms with van der Waals surface area (Å²) >= 11 is 3.42. The summed E-state index contributed by atoms with van der Waals surface area (Å²) < 4.78 is 4.11. The highest BCUT2D eigenvalue weighted by Crippen LogP contribution is 2.15. The highest BCUT2D eigenvalue weighted by atomic mass is 79.9. The van der Waals surface area contributed by atoms with Crippen molar-refractivity contribution in [2.24, 2.45) is 0 Å². The number of benzene rings is 2. The Hall–Kier alpha value is -3.40. The number of tetrazole rings is 1. The minimum absolute atomic E-state index is 0.234. The van der Waals surface area contributed by atoms with Gasteiger partial charge >= 0.3 is 0 Å². The van der Waals surface area contributed by atoms with E-state index in [0.29, 0.717) is 13.0 Å². The van der Waals surface area contributed by atoms with E-state index in [-0.39, 0.29) is 11.9 Å². The maximum Gasteiger partial charge on any atom is 0.252 e. The van der Waals surface area contributed by atoms with Gasteiger partial charge in [0.15, 0.2) is 0 Å². The fourth-order valence-electron chi connectivity index (χ4n) is 2.85. The highest BCUT2D eigenvalue weighted by Gasteiger charge is 2.23. The van der Waals surface area contributed by atoms with Gasteiger partial charge in [0.1, 0.15) is 18.7 Å². The second-order valence-electron chi connectivity index (χ2n) is 6.38. The average molecular weight is 453 g/mol. The molecule has 146 valence electrons. The van der Waals surface area contributed by atoms with E-state index < -0.39 is 6.04 Å². The van der Waals surface area contributed by atoms with Gasteiger partial charge in [0.05, 0.1) is 6.54 Å². The molecule has 10 heteroatoms. The van der Waals surface area contributed by atoms with Crippen LogP contribution >= 0.6 is 15.9 Å². The van der Waals surface area contributed by atoms with E-state index in [1.165, 1.54) is 11.0 Å². The largest absolute Gasteiger partial charge is 0.291 e.